The third kappa shape index (κ3) is 2.34. The Balaban J connectivity index is 2.77. The predicted octanol–water partition coefficient (Wildman–Crippen LogP) is 3.86. The topological polar surface area (TPSA) is 0 Å². The van der Waals surface area contributed by atoms with Crippen molar-refractivity contribution in [3.05, 3.63) is 22.2 Å². The fourth-order valence-electron chi connectivity index (χ4n) is 1.17. The van der Waals surface area contributed by atoms with Crippen molar-refractivity contribution >= 4 is 27.5 Å². The largest absolute Gasteiger partial charge is 0.118 e. The zero-order chi connectivity index (χ0) is 8.43. The van der Waals surface area contributed by atoms with Gasteiger partial charge in [-0.1, -0.05) is 41.9 Å². The number of rotatable bonds is 1. The lowest BCUT2D eigenvalue weighted by molar-refractivity contribution is 0.771. The molecule has 1 aliphatic carbocycles. The van der Waals surface area contributed by atoms with E-state index in [0.717, 1.165) is 6.42 Å². The summed E-state index contributed by atoms with van der Waals surface area (Å²) in [5.41, 5.74) is 1.38. The Morgan fingerprint density at radius 1 is 1.64 bits per heavy atom. The molecule has 0 aromatic rings. The van der Waals surface area contributed by atoms with Crippen molar-refractivity contribution in [2.75, 3.05) is 0 Å². The molecule has 0 heterocycles. The molecule has 62 valence electrons. The number of allylic oxidation sites excluding steroid dienone is 4. The van der Waals surface area contributed by atoms with Gasteiger partial charge in [0.1, 0.15) is 0 Å². The van der Waals surface area contributed by atoms with Gasteiger partial charge in [-0.15, -0.1) is 11.6 Å². The van der Waals surface area contributed by atoms with E-state index in [0.29, 0.717) is 5.92 Å². The van der Waals surface area contributed by atoms with Crippen molar-refractivity contribution < 1.29 is 0 Å². The number of alkyl halides is 1. The van der Waals surface area contributed by atoms with E-state index in [9.17, 15) is 0 Å². The summed E-state index contributed by atoms with van der Waals surface area (Å²) >= 11 is 9.43. The first-order valence-electron chi connectivity index (χ1n) is 3.83. The Bertz CT molecular complexity index is 204. The molecule has 0 bridgehead atoms. The first kappa shape index (κ1) is 9.34. The second kappa shape index (κ2) is 3.77. The quantitative estimate of drug-likeness (QED) is 0.606. The summed E-state index contributed by atoms with van der Waals surface area (Å²) < 4.78 is 1.17. The monoisotopic (exact) mass is 234 g/mol. The van der Waals surface area contributed by atoms with Crippen LogP contribution in [0, 0.1) is 5.92 Å². The van der Waals surface area contributed by atoms with E-state index in [4.69, 9.17) is 11.6 Å². The van der Waals surface area contributed by atoms with Crippen molar-refractivity contribution in [3.63, 3.8) is 0 Å². The highest BCUT2D eigenvalue weighted by atomic mass is 79.9. The number of halogens is 2. The lowest BCUT2D eigenvalue weighted by Crippen LogP contribution is -2.04. The van der Waals surface area contributed by atoms with E-state index in [2.05, 4.69) is 41.9 Å². The summed E-state index contributed by atoms with van der Waals surface area (Å²) in [6.45, 7) is 4.38. The van der Waals surface area contributed by atoms with Crippen LogP contribution in [0.5, 0.6) is 0 Å². The van der Waals surface area contributed by atoms with Crippen LogP contribution in [0.25, 0.3) is 0 Å². The molecule has 11 heavy (non-hydrogen) atoms. The average molecular weight is 236 g/mol. The molecule has 1 aliphatic rings. The van der Waals surface area contributed by atoms with Crippen molar-refractivity contribution in [1.82, 2.24) is 0 Å². The van der Waals surface area contributed by atoms with Crippen LogP contribution >= 0.6 is 27.5 Å². The van der Waals surface area contributed by atoms with E-state index in [1.54, 1.807) is 0 Å². The Labute approximate surface area is 81.4 Å². The van der Waals surface area contributed by atoms with Gasteiger partial charge in [-0.05, 0) is 17.9 Å². The van der Waals surface area contributed by atoms with Crippen molar-refractivity contribution in [2.24, 2.45) is 5.92 Å². The molecule has 0 aromatic heterocycles. The lowest BCUT2D eigenvalue weighted by Gasteiger charge is -2.17. The van der Waals surface area contributed by atoms with Gasteiger partial charge in [0.2, 0.25) is 0 Å². The number of hydrogen-bond acceptors (Lipinski definition) is 0. The summed E-state index contributed by atoms with van der Waals surface area (Å²) in [4.78, 5) is 0. The highest BCUT2D eigenvalue weighted by Gasteiger charge is 2.13. The molecule has 0 amide bonds. The third-order valence-corrected chi connectivity index (χ3v) is 2.81. The first-order valence-corrected chi connectivity index (χ1v) is 5.06. The molecule has 0 aromatic carbocycles. The van der Waals surface area contributed by atoms with Gasteiger partial charge in [0.15, 0.2) is 0 Å². The van der Waals surface area contributed by atoms with Gasteiger partial charge in [-0.2, -0.15) is 0 Å². The van der Waals surface area contributed by atoms with E-state index in [1.165, 1.54) is 10.1 Å². The predicted molar refractivity (Wildman–Crippen MR) is 54.2 cm³/mol. The zero-order valence-corrected chi connectivity index (χ0v) is 9.11. The molecule has 1 unspecified atom stereocenters. The summed E-state index contributed by atoms with van der Waals surface area (Å²) in [7, 11) is 0. The van der Waals surface area contributed by atoms with Crippen LogP contribution in [-0.4, -0.2) is 5.38 Å². The summed E-state index contributed by atoms with van der Waals surface area (Å²) in [6.07, 6.45) is 5.24. The molecule has 1 atom stereocenters. The smallest absolute Gasteiger partial charge is 0.0564 e. The fourth-order valence-corrected chi connectivity index (χ4v) is 2.48. The van der Waals surface area contributed by atoms with Crippen molar-refractivity contribution in [3.8, 4) is 0 Å². The molecule has 0 fully saturated rings. The van der Waals surface area contributed by atoms with Gasteiger partial charge >= 0.3 is 0 Å². The Kier molecular flexibility index (Phi) is 3.20. The van der Waals surface area contributed by atoms with E-state index >= 15 is 0 Å². The van der Waals surface area contributed by atoms with E-state index in [1.807, 2.05) is 0 Å². The molecule has 1 rings (SSSR count). The minimum absolute atomic E-state index is 0.173. The molecular formula is C9H12BrCl. The van der Waals surface area contributed by atoms with E-state index < -0.39 is 0 Å². The molecule has 0 radical (unpaired) electrons. The molecule has 0 N–H and O–H groups in total. The molecule has 0 saturated carbocycles. The fraction of sp³-hybridized carbons (Fsp3) is 0.556. The van der Waals surface area contributed by atoms with Crippen LogP contribution in [0.4, 0.5) is 0 Å². The molecule has 2 heteroatoms. The summed E-state index contributed by atoms with van der Waals surface area (Å²) in [5.74, 6) is 0.588. The van der Waals surface area contributed by atoms with Gasteiger partial charge in [-0.3, -0.25) is 0 Å². The highest BCUT2D eigenvalue weighted by Crippen LogP contribution is 2.30. The summed E-state index contributed by atoms with van der Waals surface area (Å²) in [6, 6.07) is 0. The normalized spacial score (nSPS) is 25.0. The van der Waals surface area contributed by atoms with Crippen LogP contribution in [0.1, 0.15) is 20.3 Å². The standard InChI is InChI=1S/C9H12BrCl/c1-6(2)8-4-3-7(11)5-9(8)10/h4-7H,3H2,1-2H3. The van der Waals surface area contributed by atoms with Gasteiger partial charge in [-0.25, -0.2) is 0 Å². The Morgan fingerprint density at radius 2 is 2.27 bits per heavy atom. The second-order valence-corrected chi connectivity index (χ2v) is 4.50. The van der Waals surface area contributed by atoms with Crippen LogP contribution in [-0.2, 0) is 0 Å². The second-order valence-electron chi connectivity index (χ2n) is 3.08. The van der Waals surface area contributed by atoms with Crippen LogP contribution in [0.3, 0.4) is 0 Å². The van der Waals surface area contributed by atoms with Crippen LogP contribution < -0.4 is 0 Å². The van der Waals surface area contributed by atoms with Gasteiger partial charge in [0.25, 0.3) is 0 Å². The molecular weight excluding hydrogens is 223 g/mol. The highest BCUT2D eigenvalue weighted by molar-refractivity contribution is 9.12. The van der Waals surface area contributed by atoms with Crippen molar-refractivity contribution in [2.45, 2.75) is 25.6 Å². The van der Waals surface area contributed by atoms with Gasteiger partial charge < -0.3 is 0 Å². The van der Waals surface area contributed by atoms with Gasteiger partial charge in [0, 0.05) is 4.48 Å². The maximum Gasteiger partial charge on any atom is 0.0564 e. The molecule has 0 nitrogen and oxygen atoms in total. The third-order valence-electron chi connectivity index (χ3n) is 1.79. The maximum absolute atomic E-state index is 5.93. The first-order chi connectivity index (χ1) is 5.11. The molecule has 0 spiro atoms. The number of hydrogen-bond donors (Lipinski definition) is 0. The van der Waals surface area contributed by atoms with Crippen LogP contribution in [0.2, 0.25) is 0 Å². The molecule has 0 aliphatic heterocycles. The molecule has 0 saturated heterocycles. The van der Waals surface area contributed by atoms with Crippen LogP contribution in [0.15, 0.2) is 22.2 Å². The summed E-state index contributed by atoms with van der Waals surface area (Å²) in [5, 5.41) is 0.173. The Hall–Kier alpha value is 0.250. The van der Waals surface area contributed by atoms with E-state index in [-0.39, 0.29) is 5.38 Å². The van der Waals surface area contributed by atoms with Gasteiger partial charge in [0.05, 0.1) is 5.38 Å². The van der Waals surface area contributed by atoms with Crippen molar-refractivity contribution in [1.29, 1.82) is 0 Å². The minimum Gasteiger partial charge on any atom is -0.118 e. The average Bonchev–Trinajstić information content (AvgIpc) is 1.85. The Morgan fingerprint density at radius 3 is 2.73 bits per heavy atom. The maximum atomic E-state index is 5.93. The minimum atomic E-state index is 0.173. The lowest BCUT2D eigenvalue weighted by atomic mass is 9.97. The SMILES string of the molecule is CC(C)C1=CCC(Cl)C=C1Br. The zero-order valence-electron chi connectivity index (χ0n) is 6.77.